The lowest BCUT2D eigenvalue weighted by molar-refractivity contribution is -0.280. The average Bonchev–Trinajstić information content (AvgIpc) is 2.59. The van der Waals surface area contributed by atoms with Crippen LogP contribution < -0.4 is 0 Å². The molecule has 0 bridgehead atoms. The van der Waals surface area contributed by atoms with Crippen molar-refractivity contribution in [3.63, 3.8) is 0 Å². The van der Waals surface area contributed by atoms with Gasteiger partial charge in [-0.25, -0.2) is 9.59 Å². The van der Waals surface area contributed by atoms with E-state index in [1.807, 2.05) is 0 Å². The SMILES string of the molecule is O=C(OC(=O)[C@H](O)[C@@H](O)[C@H](O)[C@H](O)CO)[C@H]1O[C@@H](O)[C@H](O)[C@@H](O)[C@@H]1O. The highest BCUT2D eigenvalue weighted by molar-refractivity contribution is 5.90. The summed E-state index contributed by atoms with van der Waals surface area (Å²) in [6.45, 7) is -1.00. The van der Waals surface area contributed by atoms with Gasteiger partial charge in [-0.3, -0.25) is 0 Å². The summed E-state index contributed by atoms with van der Waals surface area (Å²) in [4.78, 5) is 23.3. The Morgan fingerprint density at radius 3 is 2.00 bits per heavy atom. The molecule has 13 nitrogen and oxygen atoms in total. The number of aliphatic hydroxyl groups is 9. The molecule has 9 N–H and O–H groups in total. The molecule has 0 aromatic carbocycles. The summed E-state index contributed by atoms with van der Waals surface area (Å²) in [5.74, 6) is -3.49. The van der Waals surface area contributed by atoms with Crippen molar-refractivity contribution in [3.05, 3.63) is 0 Å². The predicted molar refractivity (Wildman–Crippen MR) is 71.1 cm³/mol. The van der Waals surface area contributed by atoms with Crippen molar-refractivity contribution in [2.24, 2.45) is 0 Å². The Morgan fingerprint density at radius 1 is 0.920 bits per heavy atom. The third-order valence-corrected chi connectivity index (χ3v) is 3.52. The minimum Gasteiger partial charge on any atom is -0.394 e. The fraction of sp³-hybridized carbons (Fsp3) is 0.833. The molecule has 0 amide bonds. The van der Waals surface area contributed by atoms with Crippen LogP contribution in [0.4, 0.5) is 0 Å². The second-order valence-corrected chi connectivity index (χ2v) is 5.34. The summed E-state index contributed by atoms with van der Waals surface area (Å²) in [6, 6.07) is 0. The zero-order valence-electron chi connectivity index (χ0n) is 12.6. The number of rotatable bonds is 6. The molecule has 0 spiro atoms. The first-order valence-corrected chi connectivity index (χ1v) is 6.99. The standard InChI is InChI=1S/C12H20O13/c13-1-2(14)3(15)4(16)7(19)11(22)25-12(23)9-6(18)5(17)8(20)10(21)24-9/h2-10,13-21H,1H2/t2-,3-,4+,5+,6+,7-,8-,9+,10-/m1/s1. The van der Waals surface area contributed by atoms with Crippen LogP contribution in [-0.4, -0.2) is 120 Å². The van der Waals surface area contributed by atoms with Gasteiger partial charge in [0, 0.05) is 0 Å². The lowest BCUT2D eigenvalue weighted by Crippen LogP contribution is -2.60. The molecule has 0 radical (unpaired) electrons. The van der Waals surface area contributed by atoms with Gasteiger partial charge in [0.1, 0.15) is 36.6 Å². The van der Waals surface area contributed by atoms with Crippen molar-refractivity contribution >= 4 is 11.9 Å². The fourth-order valence-corrected chi connectivity index (χ4v) is 1.94. The highest BCUT2D eigenvalue weighted by atomic mass is 16.7. The second kappa shape index (κ2) is 8.91. The smallest absolute Gasteiger partial charge is 0.345 e. The molecule has 0 aromatic rings. The van der Waals surface area contributed by atoms with E-state index >= 15 is 0 Å². The lowest BCUT2D eigenvalue weighted by Gasteiger charge is -2.36. The molecular weight excluding hydrogens is 352 g/mol. The van der Waals surface area contributed by atoms with Crippen LogP contribution in [-0.2, 0) is 19.1 Å². The van der Waals surface area contributed by atoms with E-state index in [0.29, 0.717) is 0 Å². The molecule has 0 saturated carbocycles. The maximum atomic E-state index is 11.7. The Hall–Kier alpha value is -1.26. The highest BCUT2D eigenvalue weighted by Crippen LogP contribution is 2.21. The molecule has 1 aliphatic rings. The molecular formula is C12H20O13. The van der Waals surface area contributed by atoms with E-state index in [-0.39, 0.29) is 0 Å². The molecule has 1 saturated heterocycles. The quantitative estimate of drug-likeness (QED) is 0.156. The van der Waals surface area contributed by atoms with Crippen LogP contribution in [0.15, 0.2) is 0 Å². The number of carbonyl (C=O) groups is 2. The minimum atomic E-state index is -2.53. The van der Waals surface area contributed by atoms with Gasteiger partial charge in [0.15, 0.2) is 18.5 Å². The number of ether oxygens (including phenoxy) is 2. The molecule has 1 heterocycles. The van der Waals surface area contributed by atoms with Gasteiger partial charge in [0.2, 0.25) is 0 Å². The van der Waals surface area contributed by atoms with Crippen molar-refractivity contribution in [1.82, 2.24) is 0 Å². The number of aliphatic hydroxyl groups excluding tert-OH is 9. The predicted octanol–water partition coefficient (Wildman–Crippen LogP) is -6.71. The van der Waals surface area contributed by atoms with Gasteiger partial charge < -0.3 is 55.4 Å². The summed E-state index contributed by atoms with van der Waals surface area (Å²) >= 11 is 0. The number of hydrogen-bond donors (Lipinski definition) is 9. The second-order valence-electron chi connectivity index (χ2n) is 5.34. The summed E-state index contributed by atoms with van der Waals surface area (Å²) in [7, 11) is 0. The molecule has 0 aromatic heterocycles. The van der Waals surface area contributed by atoms with E-state index in [1.54, 1.807) is 0 Å². The molecule has 1 fully saturated rings. The van der Waals surface area contributed by atoms with Crippen molar-refractivity contribution in [1.29, 1.82) is 0 Å². The monoisotopic (exact) mass is 372 g/mol. The van der Waals surface area contributed by atoms with Gasteiger partial charge >= 0.3 is 11.9 Å². The zero-order chi connectivity index (χ0) is 19.5. The molecule has 0 unspecified atom stereocenters. The van der Waals surface area contributed by atoms with E-state index < -0.39 is 73.7 Å². The van der Waals surface area contributed by atoms with Crippen LogP contribution in [0.5, 0.6) is 0 Å². The molecule has 1 aliphatic heterocycles. The number of carbonyl (C=O) groups excluding carboxylic acids is 2. The van der Waals surface area contributed by atoms with Gasteiger partial charge in [-0.2, -0.15) is 0 Å². The fourth-order valence-electron chi connectivity index (χ4n) is 1.94. The molecule has 9 atom stereocenters. The van der Waals surface area contributed by atoms with E-state index in [4.69, 9.17) is 10.2 Å². The van der Waals surface area contributed by atoms with Gasteiger partial charge in [0.05, 0.1) is 6.61 Å². The van der Waals surface area contributed by atoms with Crippen LogP contribution in [0, 0.1) is 0 Å². The summed E-state index contributed by atoms with van der Waals surface area (Å²) in [5, 5.41) is 83.6. The first-order chi connectivity index (χ1) is 11.5. The van der Waals surface area contributed by atoms with Gasteiger partial charge in [-0.15, -0.1) is 0 Å². The first-order valence-electron chi connectivity index (χ1n) is 6.99. The van der Waals surface area contributed by atoms with Gasteiger partial charge in [0.25, 0.3) is 0 Å². The average molecular weight is 372 g/mol. The van der Waals surface area contributed by atoms with Crippen molar-refractivity contribution in [2.45, 2.75) is 55.1 Å². The Kier molecular flexibility index (Phi) is 7.76. The Labute approximate surface area is 139 Å². The van der Waals surface area contributed by atoms with Crippen LogP contribution in [0.1, 0.15) is 0 Å². The van der Waals surface area contributed by atoms with Crippen molar-refractivity contribution in [2.75, 3.05) is 6.61 Å². The molecule has 146 valence electrons. The Balaban J connectivity index is 2.71. The highest BCUT2D eigenvalue weighted by Gasteiger charge is 2.48. The van der Waals surface area contributed by atoms with Crippen molar-refractivity contribution in [3.8, 4) is 0 Å². The summed E-state index contributed by atoms with van der Waals surface area (Å²) in [5.41, 5.74) is 0. The third-order valence-electron chi connectivity index (χ3n) is 3.52. The number of esters is 2. The van der Waals surface area contributed by atoms with E-state index in [2.05, 4.69) is 9.47 Å². The lowest BCUT2D eigenvalue weighted by atomic mass is 9.99. The molecule has 25 heavy (non-hydrogen) atoms. The Bertz CT molecular complexity index is 470. The zero-order valence-corrected chi connectivity index (χ0v) is 12.6. The van der Waals surface area contributed by atoms with Crippen LogP contribution in [0.2, 0.25) is 0 Å². The van der Waals surface area contributed by atoms with Crippen LogP contribution in [0.3, 0.4) is 0 Å². The first kappa shape index (κ1) is 21.8. The third kappa shape index (κ3) is 4.89. The van der Waals surface area contributed by atoms with E-state index in [0.717, 1.165) is 0 Å². The molecule has 13 heteroatoms. The summed E-state index contributed by atoms with van der Waals surface area (Å²) < 4.78 is 8.60. The summed E-state index contributed by atoms with van der Waals surface area (Å²) in [6.07, 6.45) is -19.1. The van der Waals surface area contributed by atoms with E-state index in [9.17, 15) is 45.3 Å². The topological polar surface area (TPSA) is 235 Å². The van der Waals surface area contributed by atoms with Crippen molar-refractivity contribution < 1.29 is 65.0 Å². The van der Waals surface area contributed by atoms with Gasteiger partial charge in [-0.1, -0.05) is 0 Å². The maximum Gasteiger partial charge on any atom is 0.345 e. The normalized spacial score (nSPS) is 34.7. The van der Waals surface area contributed by atoms with Crippen LogP contribution >= 0.6 is 0 Å². The van der Waals surface area contributed by atoms with E-state index in [1.165, 1.54) is 0 Å². The Morgan fingerprint density at radius 2 is 1.48 bits per heavy atom. The minimum absolute atomic E-state index is 1.00. The van der Waals surface area contributed by atoms with Crippen LogP contribution in [0.25, 0.3) is 0 Å². The largest absolute Gasteiger partial charge is 0.394 e. The number of hydrogen-bond acceptors (Lipinski definition) is 13. The van der Waals surface area contributed by atoms with Gasteiger partial charge in [-0.05, 0) is 0 Å². The molecule has 0 aliphatic carbocycles. The molecule has 1 rings (SSSR count). The maximum absolute atomic E-state index is 11.7.